The van der Waals surface area contributed by atoms with Crippen molar-refractivity contribution in [1.82, 2.24) is 0 Å². The number of hydrogen-bond acceptors (Lipinski definition) is 2. The number of hydrazine groups is 1. The van der Waals surface area contributed by atoms with Crippen LogP contribution in [0.3, 0.4) is 0 Å². The SMILES string of the molecule is O=[N+]([O-])Nc1c(Cl)cc(Br)cc1Br. The molecule has 1 aromatic carbocycles. The topological polar surface area (TPSA) is 55.2 Å². The lowest BCUT2D eigenvalue weighted by molar-refractivity contribution is -0.445. The van der Waals surface area contributed by atoms with E-state index in [0.29, 0.717) is 4.47 Å². The van der Waals surface area contributed by atoms with Gasteiger partial charge in [-0.25, -0.2) is 10.1 Å². The smallest absolute Gasteiger partial charge is 0.162 e. The highest BCUT2D eigenvalue weighted by Crippen LogP contribution is 2.33. The summed E-state index contributed by atoms with van der Waals surface area (Å²) in [6.07, 6.45) is 0. The Morgan fingerprint density at radius 2 is 2.08 bits per heavy atom. The molecule has 0 spiro atoms. The van der Waals surface area contributed by atoms with Gasteiger partial charge in [-0.3, -0.25) is 0 Å². The highest BCUT2D eigenvalue weighted by atomic mass is 79.9. The lowest BCUT2D eigenvalue weighted by Gasteiger charge is -2.03. The lowest BCUT2D eigenvalue weighted by atomic mass is 10.3. The Labute approximate surface area is 95.6 Å². The van der Waals surface area contributed by atoms with Gasteiger partial charge in [0.15, 0.2) is 5.03 Å². The maximum absolute atomic E-state index is 10.2. The van der Waals surface area contributed by atoms with Crippen molar-refractivity contribution in [3.63, 3.8) is 0 Å². The van der Waals surface area contributed by atoms with Crippen molar-refractivity contribution in [2.75, 3.05) is 5.43 Å². The Morgan fingerprint density at radius 3 is 2.54 bits per heavy atom. The van der Waals surface area contributed by atoms with E-state index in [0.717, 1.165) is 4.47 Å². The van der Waals surface area contributed by atoms with Crippen molar-refractivity contribution in [2.24, 2.45) is 0 Å². The normalized spacial score (nSPS) is 9.77. The number of nitrogens with zero attached hydrogens (tertiary/aromatic N) is 1. The monoisotopic (exact) mass is 328 g/mol. The Balaban J connectivity index is 3.13. The average molecular weight is 330 g/mol. The molecule has 0 aromatic heterocycles. The van der Waals surface area contributed by atoms with Crippen molar-refractivity contribution < 1.29 is 5.03 Å². The van der Waals surface area contributed by atoms with Crippen LogP contribution in [0, 0.1) is 10.1 Å². The van der Waals surface area contributed by atoms with Gasteiger partial charge < -0.3 is 0 Å². The van der Waals surface area contributed by atoms with Crippen LogP contribution in [-0.4, -0.2) is 5.03 Å². The van der Waals surface area contributed by atoms with Crippen LogP contribution in [0.25, 0.3) is 0 Å². The van der Waals surface area contributed by atoms with Crippen LogP contribution in [0.15, 0.2) is 21.1 Å². The van der Waals surface area contributed by atoms with Gasteiger partial charge in [0.2, 0.25) is 0 Å². The summed E-state index contributed by atoms with van der Waals surface area (Å²) in [4.78, 5) is 10.2. The van der Waals surface area contributed by atoms with Gasteiger partial charge >= 0.3 is 0 Å². The minimum Gasteiger partial charge on any atom is -0.235 e. The standard InChI is InChI=1S/C6H3Br2ClN2O2/c7-3-1-4(8)6(5(9)2-3)10-11(12)13/h1-2,10H. The highest BCUT2D eigenvalue weighted by Gasteiger charge is 2.10. The van der Waals surface area contributed by atoms with E-state index in [1.807, 2.05) is 5.43 Å². The fraction of sp³-hybridized carbons (Fsp3) is 0. The quantitative estimate of drug-likeness (QED) is 0.667. The Kier molecular flexibility index (Phi) is 3.52. The molecule has 0 aliphatic rings. The zero-order valence-corrected chi connectivity index (χ0v) is 9.98. The molecule has 0 aliphatic heterocycles. The number of rotatable bonds is 2. The van der Waals surface area contributed by atoms with Crippen molar-refractivity contribution in [3.8, 4) is 0 Å². The first-order valence-corrected chi connectivity index (χ1v) is 5.02. The van der Waals surface area contributed by atoms with Crippen LogP contribution in [0.4, 0.5) is 5.69 Å². The van der Waals surface area contributed by atoms with Gasteiger partial charge in [-0.1, -0.05) is 27.5 Å². The number of benzene rings is 1. The summed E-state index contributed by atoms with van der Waals surface area (Å²) in [6, 6.07) is 3.23. The predicted molar refractivity (Wildman–Crippen MR) is 57.5 cm³/mol. The first-order chi connectivity index (χ1) is 6.00. The van der Waals surface area contributed by atoms with Crippen LogP contribution < -0.4 is 5.43 Å². The van der Waals surface area contributed by atoms with Crippen molar-refractivity contribution in [1.29, 1.82) is 0 Å². The molecule has 0 aliphatic carbocycles. The summed E-state index contributed by atoms with van der Waals surface area (Å²) in [6.45, 7) is 0. The minimum absolute atomic E-state index is 0.245. The van der Waals surface area contributed by atoms with Gasteiger partial charge in [-0.15, -0.1) is 5.43 Å². The molecule has 1 aromatic rings. The summed E-state index contributed by atoms with van der Waals surface area (Å²) in [5, 5.41) is 9.77. The third-order valence-corrected chi connectivity index (χ3v) is 2.59. The largest absolute Gasteiger partial charge is 0.235 e. The number of hydrogen-bond donors (Lipinski definition) is 1. The van der Waals surface area contributed by atoms with Crippen molar-refractivity contribution in [2.45, 2.75) is 0 Å². The van der Waals surface area contributed by atoms with Crippen molar-refractivity contribution >= 4 is 49.1 Å². The molecule has 0 unspecified atom stereocenters. The van der Waals surface area contributed by atoms with Crippen LogP contribution >= 0.6 is 43.5 Å². The van der Waals surface area contributed by atoms with Gasteiger partial charge in [-0.05, 0) is 28.1 Å². The summed E-state index contributed by atoms with van der Waals surface area (Å²) in [7, 11) is 0. The molecular formula is C6H3Br2ClN2O2. The van der Waals surface area contributed by atoms with E-state index in [9.17, 15) is 10.1 Å². The number of anilines is 1. The number of halogens is 3. The molecule has 0 amide bonds. The first-order valence-electron chi connectivity index (χ1n) is 3.06. The van der Waals surface area contributed by atoms with E-state index in [1.54, 1.807) is 12.1 Å². The van der Waals surface area contributed by atoms with Gasteiger partial charge in [0.1, 0.15) is 5.69 Å². The maximum Gasteiger partial charge on any atom is 0.162 e. The van der Waals surface area contributed by atoms with Crippen LogP contribution in [-0.2, 0) is 0 Å². The van der Waals surface area contributed by atoms with Gasteiger partial charge in [0.25, 0.3) is 0 Å². The summed E-state index contributed by atoms with van der Waals surface area (Å²) in [5.74, 6) is 0. The van der Waals surface area contributed by atoms with Crippen LogP contribution in [0.2, 0.25) is 5.02 Å². The fourth-order valence-corrected chi connectivity index (χ4v) is 2.56. The van der Waals surface area contributed by atoms with E-state index >= 15 is 0 Å². The van der Waals surface area contributed by atoms with Crippen LogP contribution in [0.5, 0.6) is 0 Å². The van der Waals surface area contributed by atoms with Crippen LogP contribution in [0.1, 0.15) is 0 Å². The number of nitro groups is 1. The molecule has 0 atom stereocenters. The van der Waals surface area contributed by atoms with E-state index in [2.05, 4.69) is 31.9 Å². The van der Waals surface area contributed by atoms with Gasteiger partial charge in [0, 0.05) is 8.95 Å². The van der Waals surface area contributed by atoms with E-state index < -0.39 is 5.03 Å². The average Bonchev–Trinajstić information content (AvgIpc) is 1.96. The van der Waals surface area contributed by atoms with Gasteiger partial charge in [0.05, 0.1) is 5.02 Å². The third kappa shape index (κ3) is 2.82. The second kappa shape index (κ2) is 4.26. The summed E-state index contributed by atoms with van der Waals surface area (Å²) >= 11 is 12.1. The molecule has 0 radical (unpaired) electrons. The zero-order valence-electron chi connectivity index (χ0n) is 6.05. The zero-order chi connectivity index (χ0) is 10.0. The molecule has 4 nitrogen and oxygen atoms in total. The Hall–Kier alpha value is -0.330. The Bertz CT molecular complexity index is 335. The molecule has 1 rings (SSSR count). The molecule has 0 bridgehead atoms. The molecule has 0 heterocycles. The Morgan fingerprint density at radius 1 is 1.46 bits per heavy atom. The second-order valence-electron chi connectivity index (χ2n) is 2.11. The maximum atomic E-state index is 10.2. The summed E-state index contributed by atoms with van der Waals surface area (Å²) < 4.78 is 1.28. The first kappa shape index (κ1) is 10.7. The van der Waals surface area contributed by atoms with E-state index in [-0.39, 0.29) is 10.7 Å². The summed E-state index contributed by atoms with van der Waals surface area (Å²) in [5.41, 5.74) is 2.24. The lowest BCUT2D eigenvalue weighted by Crippen LogP contribution is -2.08. The predicted octanol–water partition coefficient (Wildman–Crippen LogP) is 3.47. The number of nitrogens with one attached hydrogen (secondary N) is 1. The van der Waals surface area contributed by atoms with E-state index in [1.165, 1.54) is 0 Å². The van der Waals surface area contributed by atoms with Crippen molar-refractivity contribution in [3.05, 3.63) is 36.2 Å². The molecule has 0 fully saturated rings. The van der Waals surface area contributed by atoms with E-state index in [4.69, 9.17) is 11.6 Å². The molecule has 70 valence electrons. The fourth-order valence-electron chi connectivity index (χ4n) is 0.740. The third-order valence-electron chi connectivity index (χ3n) is 1.21. The molecule has 13 heavy (non-hydrogen) atoms. The molecule has 1 N–H and O–H groups in total. The molecule has 0 saturated heterocycles. The molecule has 0 saturated carbocycles. The second-order valence-corrected chi connectivity index (χ2v) is 4.29. The molecule has 7 heteroatoms. The highest BCUT2D eigenvalue weighted by molar-refractivity contribution is 9.11. The van der Waals surface area contributed by atoms with Gasteiger partial charge in [-0.2, -0.15) is 0 Å². The molecular weight excluding hydrogens is 327 g/mol. The minimum atomic E-state index is -0.667.